The molecule has 3 N–H and O–H groups in total. The fourth-order valence-corrected chi connectivity index (χ4v) is 3.19. The van der Waals surface area contributed by atoms with Gasteiger partial charge in [0.2, 0.25) is 10.0 Å². The van der Waals surface area contributed by atoms with Crippen LogP contribution in [0, 0.1) is 5.82 Å². The second-order valence-electron chi connectivity index (χ2n) is 5.66. The Labute approximate surface area is 154 Å². The summed E-state index contributed by atoms with van der Waals surface area (Å²) in [6, 6.07) is 12.1. The largest absolute Gasteiger partial charge is 0.390 e. The van der Waals surface area contributed by atoms with Crippen molar-refractivity contribution < 1.29 is 17.9 Å². The van der Waals surface area contributed by atoms with Crippen LogP contribution in [0.4, 0.5) is 4.39 Å². The fourth-order valence-electron chi connectivity index (χ4n) is 2.53. The van der Waals surface area contributed by atoms with Crippen LogP contribution in [-0.4, -0.2) is 23.3 Å². The van der Waals surface area contributed by atoms with Gasteiger partial charge in [-0.05, 0) is 42.0 Å². The lowest BCUT2D eigenvalue weighted by Gasteiger charge is -2.10. The number of rotatable bonds is 5. The van der Waals surface area contributed by atoms with Crippen LogP contribution in [0.5, 0.6) is 0 Å². The Morgan fingerprint density at radius 3 is 2.42 bits per heavy atom. The van der Waals surface area contributed by atoms with Gasteiger partial charge in [0, 0.05) is 17.1 Å². The van der Waals surface area contributed by atoms with Crippen molar-refractivity contribution in [2.75, 3.05) is 0 Å². The molecule has 0 unspecified atom stereocenters. The van der Waals surface area contributed by atoms with E-state index in [9.17, 15) is 17.9 Å². The molecular formula is C17H15ClFN3O3S. The molecular weight excluding hydrogens is 381 g/mol. The van der Waals surface area contributed by atoms with E-state index in [1.165, 1.54) is 16.8 Å². The first-order valence-electron chi connectivity index (χ1n) is 7.54. The number of hydrogen-bond acceptors (Lipinski definition) is 4. The Bertz CT molecular complexity index is 1050. The molecule has 0 fully saturated rings. The van der Waals surface area contributed by atoms with Crippen LogP contribution in [0.2, 0.25) is 5.02 Å². The van der Waals surface area contributed by atoms with Gasteiger partial charge in [-0.15, -0.1) is 0 Å². The molecule has 26 heavy (non-hydrogen) atoms. The standard InChI is InChI=1S/C17H15ClFN3O3S/c18-12-3-1-11(2-4-12)7-14-8-13(10-23)21-22(14)17-6-5-15(9-16(17)19)26(20,24)25/h1-6,8-9,23H,7,10H2,(H2,20,24,25). The van der Waals surface area contributed by atoms with Crippen LogP contribution in [0.25, 0.3) is 5.69 Å². The molecule has 2 aromatic carbocycles. The van der Waals surface area contributed by atoms with E-state index < -0.39 is 15.8 Å². The van der Waals surface area contributed by atoms with E-state index >= 15 is 0 Å². The number of hydrogen-bond donors (Lipinski definition) is 2. The molecule has 136 valence electrons. The second-order valence-corrected chi connectivity index (χ2v) is 7.66. The molecule has 0 spiro atoms. The maximum atomic E-state index is 14.5. The molecule has 0 amide bonds. The zero-order valence-corrected chi connectivity index (χ0v) is 15.0. The first-order valence-corrected chi connectivity index (χ1v) is 9.46. The smallest absolute Gasteiger partial charge is 0.238 e. The van der Waals surface area contributed by atoms with Gasteiger partial charge in [0.1, 0.15) is 11.5 Å². The third kappa shape index (κ3) is 3.94. The van der Waals surface area contributed by atoms with E-state index in [2.05, 4.69) is 5.10 Å². The summed E-state index contributed by atoms with van der Waals surface area (Å²) in [6.07, 6.45) is 0.417. The topological polar surface area (TPSA) is 98.2 Å². The minimum Gasteiger partial charge on any atom is -0.390 e. The summed E-state index contributed by atoms with van der Waals surface area (Å²) in [5.41, 5.74) is 1.96. The van der Waals surface area contributed by atoms with Gasteiger partial charge in [-0.1, -0.05) is 23.7 Å². The molecule has 0 saturated carbocycles. The van der Waals surface area contributed by atoms with Gasteiger partial charge in [-0.2, -0.15) is 5.10 Å². The van der Waals surface area contributed by atoms with Crippen LogP contribution < -0.4 is 5.14 Å². The Balaban J connectivity index is 2.04. The number of primary sulfonamides is 1. The molecule has 3 rings (SSSR count). The van der Waals surface area contributed by atoms with E-state index in [4.69, 9.17) is 16.7 Å². The molecule has 0 aliphatic carbocycles. The van der Waals surface area contributed by atoms with Gasteiger partial charge in [-0.3, -0.25) is 0 Å². The lowest BCUT2D eigenvalue weighted by Crippen LogP contribution is -2.13. The Hall–Kier alpha value is -2.26. The lowest BCUT2D eigenvalue weighted by molar-refractivity contribution is 0.276. The molecule has 0 aliphatic rings. The maximum absolute atomic E-state index is 14.5. The molecule has 1 aromatic heterocycles. The number of nitrogens with two attached hydrogens (primary N) is 1. The Kier molecular flexibility index (Phi) is 5.10. The van der Waals surface area contributed by atoms with Gasteiger partial charge < -0.3 is 5.11 Å². The van der Waals surface area contributed by atoms with Crippen molar-refractivity contribution in [2.45, 2.75) is 17.9 Å². The van der Waals surface area contributed by atoms with E-state index in [0.717, 1.165) is 11.6 Å². The molecule has 0 saturated heterocycles. The third-order valence-corrected chi connectivity index (χ3v) is 4.93. The lowest BCUT2D eigenvalue weighted by atomic mass is 10.1. The quantitative estimate of drug-likeness (QED) is 0.693. The number of nitrogens with zero attached hydrogens (tertiary/aromatic N) is 2. The number of aliphatic hydroxyl groups is 1. The average Bonchev–Trinajstić information content (AvgIpc) is 2.99. The highest BCUT2D eigenvalue weighted by molar-refractivity contribution is 7.89. The normalized spacial score (nSPS) is 11.7. The molecule has 1 heterocycles. The van der Waals surface area contributed by atoms with Crippen molar-refractivity contribution in [1.82, 2.24) is 9.78 Å². The van der Waals surface area contributed by atoms with E-state index in [0.29, 0.717) is 22.8 Å². The predicted octanol–water partition coefficient (Wildman–Crippen LogP) is 2.40. The van der Waals surface area contributed by atoms with Gasteiger partial charge >= 0.3 is 0 Å². The summed E-state index contributed by atoms with van der Waals surface area (Å²) in [6.45, 7) is -0.308. The van der Waals surface area contributed by atoms with Gasteiger partial charge in [0.15, 0.2) is 0 Å². The first kappa shape index (κ1) is 18.5. The number of benzene rings is 2. The summed E-state index contributed by atoms with van der Waals surface area (Å²) in [5, 5.41) is 19.2. The number of aromatic nitrogens is 2. The first-order chi connectivity index (χ1) is 12.3. The Morgan fingerprint density at radius 2 is 1.85 bits per heavy atom. The van der Waals surface area contributed by atoms with Crippen molar-refractivity contribution in [3.8, 4) is 5.69 Å². The maximum Gasteiger partial charge on any atom is 0.238 e. The van der Waals surface area contributed by atoms with Crippen LogP contribution in [-0.2, 0) is 23.1 Å². The Morgan fingerprint density at radius 1 is 1.15 bits per heavy atom. The highest BCUT2D eigenvalue weighted by Gasteiger charge is 2.16. The zero-order valence-electron chi connectivity index (χ0n) is 13.4. The number of aliphatic hydroxyl groups excluding tert-OH is 1. The number of halogens is 2. The molecule has 6 nitrogen and oxygen atoms in total. The van der Waals surface area contributed by atoms with Crippen LogP contribution in [0.3, 0.4) is 0 Å². The van der Waals surface area contributed by atoms with Crippen molar-refractivity contribution in [1.29, 1.82) is 0 Å². The van der Waals surface area contributed by atoms with Crippen LogP contribution in [0.1, 0.15) is 17.0 Å². The van der Waals surface area contributed by atoms with E-state index in [1.54, 1.807) is 18.2 Å². The minimum atomic E-state index is -4.01. The van der Waals surface area contributed by atoms with Gasteiger partial charge in [0.05, 0.1) is 17.2 Å². The summed E-state index contributed by atoms with van der Waals surface area (Å²) in [7, 11) is -4.01. The van der Waals surface area contributed by atoms with Gasteiger partial charge in [0.25, 0.3) is 0 Å². The highest BCUT2D eigenvalue weighted by atomic mass is 35.5. The molecule has 0 aliphatic heterocycles. The molecule has 0 bridgehead atoms. The molecule has 0 radical (unpaired) electrons. The average molecular weight is 396 g/mol. The SMILES string of the molecule is NS(=O)(=O)c1ccc(-n2nc(CO)cc2Cc2ccc(Cl)cc2)c(F)c1. The van der Waals surface area contributed by atoms with Crippen LogP contribution >= 0.6 is 11.6 Å². The summed E-state index contributed by atoms with van der Waals surface area (Å²) in [4.78, 5) is -0.326. The zero-order chi connectivity index (χ0) is 18.9. The fraction of sp³-hybridized carbons (Fsp3) is 0.118. The number of sulfonamides is 1. The predicted molar refractivity (Wildman–Crippen MR) is 95.1 cm³/mol. The van der Waals surface area contributed by atoms with E-state index in [1.807, 2.05) is 12.1 Å². The summed E-state index contributed by atoms with van der Waals surface area (Å²) < 4.78 is 38.6. The minimum absolute atomic E-state index is 0.0565. The molecule has 0 atom stereocenters. The van der Waals surface area contributed by atoms with Crippen molar-refractivity contribution in [3.05, 3.63) is 76.3 Å². The second kappa shape index (κ2) is 7.16. The summed E-state index contributed by atoms with van der Waals surface area (Å²) >= 11 is 5.88. The summed E-state index contributed by atoms with van der Waals surface area (Å²) in [5.74, 6) is -0.790. The monoisotopic (exact) mass is 395 g/mol. The van der Waals surface area contributed by atoms with Crippen LogP contribution in [0.15, 0.2) is 53.4 Å². The van der Waals surface area contributed by atoms with Crippen molar-refractivity contribution >= 4 is 21.6 Å². The van der Waals surface area contributed by atoms with Crippen molar-refractivity contribution in [2.24, 2.45) is 5.14 Å². The molecule has 9 heteroatoms. The van der Waals surface area contributed by atoms with Crippen molar-refractivity contribution in [3.63, 3.8) is 0 Å². The van der Waals surface area contributed by atoms with E-state index in [-0.39, 0.29) is 17.2 Å². The third-order valence-electron chi connectivity index (χ3n) is 3.77. The van der Waals surface area contributed by atoms with Gasteiger partial charge in [-0.25, -0.2) is 22.6 Å². The molecule has 3 aromatic rings. The highest BCUT2D eigenvalue weighted by Crippen LogP contribution is 2.22.